The van der Waals surface area contributed by atoms with E-state index in [1.54, 1.807) is 13.0 Å². The highest BCUT2D eigenvalue weighted by molar-refractivity contribution is 5.65. The summed E-state index contributed by atoms with van der Waals surface area (Å²) < 4.78 is 25.5. The third-order valence-corrected chi connectivity index (χ3v) is 4.58. The van der Waals surface area contributed by atoms with Crippen LogP contribution in [0.4, 0.5) is 20.7 Å². The normalized spacial score (nSPS) is 14.5. The number of carbonyl (C=O) groups is 1. The maximum Gasteiger partial charge on any atom is 0.407 e. The minimum Gasteiger partial charge on any atom is -0.491 e. The number of amides is 1. The van der Waals surface area contributed by atoms with E-state index in [0.29, 0.717) is 48.9 Å². The molecule has 9 nitrogen and oxygen atoms in total. The molecule has 29 heavy (non-hydrogen) atoms. The molecule has 156 valence electrons. The second-order valence-electron chi connectivity index (χ2n) is 6.58. The Labute approximate surface area is 167 Å². The Kier molecular flexibility index (Phi) is 6.65. The Hall–Kier alpha value is -3.14. The van der Waals surface area contributed by atoms with Crippen LogP contribution in [0.25, 0.3) is 0 Å². The molecule has 0 aliphatic carbocycles. The monoisotopic (exact) mass is 406 g/mol. The van der Waals surface area contributed by atoms with Crippen LogP contribution in [-0.2, 0) is 0 Å². The van der Waals surface area contributed by atoms with Crippen LogP contribution in [0.3, 0.4) is 0 Å². The number of aliphatic hydroxyl groups excluding tert-OH is 1. The van der Waals surface area contributed by atoms with Crippen molar-refractivity contribution in [2.45, 2.75) is 25.9 Å². The standard InChI is InChI=1S/C19H23FN4O5/c1-12-17(23-16-3-2-14(10-15(16)20)28-9-8-25)21-11-22-18(12)29-13-4-6-24(7-5-13)19(26)27/h2-3,10-11,13,25H,4-9H2,1H3,(H,26,27)(H,21,22,23). The molecule has 1 saturated heterocycles. The summed E-state index contributed by atoms with van der Waals surface area (Å²) in [5.41, 5.74) is 0.831. The number of ether oxygens (including phenoxy) is 2. The summed E-state index contributed by atoms with van der Waals surface area (Å²) in [6.45, 7) is 2.51. The van der Waals surface area contributed by atoms with Crippen molar-refractivity contribution in [3.63, 3.8) is 0 Å². The molecule has 0 bridgehead atoms. The van der Waals surface area contributed by atoms with Crippen molar-refractivity contribution in [3.8, 4) is 11.6 Å². The maximum atomic E-state index is 14.3. The molecule has 10 heteroatoms. The number of nitrogens with zero attached hydrogens (tertiary/aromatic N) is 3. The van der Waals surface area contributed by atoms with E-state index in [9.17, 15) is 9.18 Å². The SMILES string of the molecule is Cc1c(Nc2ccc(OCCO)cc2F)ncnc1OC1CCN(C(=O)O)CC1. The van der Waals surface area contributed by atoms with Crippen LogP contribution in [0, 0.1) is 12.7 Å². The van der Waals surface area contributed by atoms with Crippen LogP contribution in [0.1, 0.15) is 18.4 Å². The first-order valence-corrected chi connectivity index (χ1v) is 9.24. The molecule has 1 aromatic carbocycles. The predicted molar refractivity (Wildman–Crippen MR) is 102 cm³/mol. The lowest BCUT2D eigenvalue weighted by atomic mass is 10.1. The number of piperidine rings is 1. The number of nitrogens with one attached hydrogen (secondary N) is 1. The van der Waals surface area contributed by atoms with E-state index in [4.69, 9.17) is 19.7 Å². The van der Waals surface area contributed by atoms with Gasteiger partial charge in [-0.2, -0.15) is 0 Å². The van der Waals surface area contributed by atoms with Gasteiger partial charge in [0, 0.05) is 32.0 Å². The lowest BCUT2D eigenvalue weighted by Crippen LogP contribution is -2.41. The molecule has 1 aliphatic rings. The number of anilines is 2. The van der Waals surface area contributed by atoms with Gasteiger partial charge in [0.05, 0.1) is 17.9 Å². The third-order valence-electron chi connectivity index (χ3n) is 4.58. The lowest BCUT2D eigenvalue weighted by Gasteiger charge is -2.30. The molecule has 1 amide bonds. The molecular formula is C19H23FN4O5. The highest BCUT2D eigenvalue weighted by Gasteiger charge is 2.24. The number of carboxylic acid groups (broad SMARTS) is 1. The minimum absolute atomic E-state index is 0.0866. The van der Waals surface area contributed by atoms with Crippen molar-refractivity contribution in [3.05, 3.63) is 35.9 Å². The number of aromatic nitrogens is 2. The van der Waals surface area contributed by atoms with E-state index >= 15 is 0 Å². The molecule has 2 aromatic rings. The number of benzene rings is 1. The topological polar surface area (TPSA) is 117 Å². The lowest BCUT2D eigenvalue weighted by molar-refractivity contribution is 0.0866. The second-order valence-corrected chi connectivity index (χ2v) is 6.58. The third kappa shape index (κ3) is 5.23. The van der Waals surface area contributed by atoms with E-state index < -0.39 is 11.9 Å². The quantitative estimate of drug-likeness (QED) is 0.642. The Bertz CT molecular complexity index is 858. The van der Waals surface area contributed by atoms with Crippen molar-refractivity contribution >= 4 is 17.6 Å². The van der Waals surface area contributed by atoms with Gasteiger partial charge >= 0.3 is 6.09 Å². The van der Waals surface area contributed by atoms with Crippen molar-refractivity contribution < 1.29 is 28.9 Å². The van der Waals surface area contributed by atoms with Crippen LogP contribution in [0.5, 0.6) is 11.6 Å². The Morgan fingerprint density at radius 1 is 1.34 bits per heavy atom. The summed E-state index contributed by atoms with van der Waals surface area (Å²) in [5.74, 6) is 0.570. The highest BCUT2D eigenvalue weighted by Crippen LogP contribution is 2.28. The first kappa shape index (κ1) is 20.6. The van der Waals surface area contributed by atoms with E-state index in [2.05, 4.69) is 15.3 Å². The molecule has 0 atom stereocenters. The van der Waals surface area contributed by atoms with Gasteiger partial charge in [0.15, 0.2) is 0 Å². The second kappa shape index (κ2) is 9.37. The summed E-state index contributed by atoms with van der Waals surface area (Å²) in [7, 11) is 0. The van der Waals surface area contributed by atoms with Crippen molar-refractivity contribution in [2.24, 2.45) is 0 Å². The molecule has 0 unspecified atom stereocenters. The maximum absolute atomic E-state index is 14.3. The highest BCUT2D eigenvalue weighted by atomic mass is 19.1. The number of likely N-dealkylation sites (tertiary alicyclic amines) is 1. The molecule has 3 rings (SSSR count). The first-order valence-electron chi connectivity index (χ1n) is 9.24. The molecule has 1 aromatic heterocycles. The molecular weight excluding hydrogens is 383 g/mol. The summed E-state index contributed by atoms with van der Waals surface area (Å²) in [6, 6.07) is 4.33. The molecule has 0 radical (unpaired) electrons. The zero-order valence-corrected chi connectivity index (χ0v) is 16.0. The van der Waals surface area contributed by atoms with Crippen LogP contribution in [0.2, 0.25) is 0 Å². The van der Waals surface area contributed by atoms with Crippen LogP contribution >= 0.6 is 0 Å². The first-order chi connectivity index (χ1) is 14.0. The summed E-state index contributed by atoms with van der Waals surface area (Å²) in [4.78, 5) is 20.7. The Morgan fingerprint density at radius 2 is 2.10 bits per heavy atom. The zero-order chi connectivity index (χ0) is 20.8. The fraction of sp³-hybridized carbons (Fsp3) is 0.421. The van der Waals surface area contributed by atoms with Gasteiger partial charge in [0.1, 0.15) is 36.4 Å². The Morgan fingerprint density at radius 3 is 2.76 bits per heavy atom. The number of halogens is 1. The number of rotatable bonds is 7. The Balaban J connectivity index is 1.67. The van der Waals surface area contributed by atoms with Gasteiger partial charge in [-0.25, -0.2) is 19.2 Å². The van der Waals surface area contributed by atoms with E-state index in [1.807, 2.05) is 0 Å². The predicted octanol–water partition coefficient (Wildman–Crippen LogP) is 2.56. The zero-order valence-electron chi connectivity index (χ0n) is 16.0. The van der Waals surface area contributed by atoms with Crippen molar-refractivity contribution in [1.82, 2.24) is 14.9 Å². The number of aliphatic hydroxyl groups is 1. The average Bonchev–Trinajstić information content (AvgIpc) is 2.71. The summed E-state index contributed by atoms with van der Waals surface area (Å²) >= 11 is 0. The average molecular weight is 406 g/mol. The van der Waals surface area contributed by atoms with Crippen LogP contribution in [-0.4, -0.2) is 63.6 Å². The molecule has 0 saturated carbocycles. The van der Waals surface area contributed by atoms with Gasteiger partial charge in [-0.1, -0.05) is 0 Å². The van der Waals surface area contributed by atoms with Gasteiger partial charge < -0.3 is 29.9 Å². The van der Waals surface area contributed by atoms with Gasteiger partial charge in [-0.05, 0) is 19.1 Å². The summed E-state index contributed by atoms with van der Waals surface area (Å²) in [6.07, 6.45) is 1.40. The van der Waals surface area contributed by atoms with E-state index in [-0.39, 0.29) is 25.0 Å². The molecule has 2 heterocycles. The summed E-state index contributed by atoms with van der Waals surface area (Å²) in [5, 5.41) is 20.7. The molecule has 0 spiro atoms. The van der Waals surface area contributed by atoms with E-state index in [1.165, 1.54) is 23.4 Å². The van der Waals surface area contributed by atoms with Crippen molar-refractivity contribution in [1.29, 1.82) is 0 Å². The minimum atomic E-state index is -0.928. The van der Waals surface area contributed by atoms with Gasteiger partial charge in [0.2, 0.25) is 5.88 Å². The molecule has 3 N–H and O–H groups in total. The van der Waals surface area contributed by atoms with Crippen LogP contribution in [0.15, 0.2) is 24.5 Å². The molecule has 1 aliphatic heterocycles. The van der Waals surface area contributed by atoms with Gasteiger partial charge in [-0.15, -0.1) is 0 Å². The van der Waals surface area contributed by atoms with Gasteiger partial charge in [-0.3, -0.25) is 0 Å². The largest absolute Gasteiger partial charge is 0.491 e. The molecule has 1 fully saturated rings. The van der Waals surface area contributed by atoms with Crippen molar-refractivity contribution in [2.75, 3.05) is 31.6 Å². The van der Waals surface area contributed by atoms with Crippen LogP contribution < -0.4 is 14.8 Å². The fourth-order valence-electron chi connectivity index (χ4n) is 2.98. The number of hydrogen-bond acceptors (Lipinski definition) is 7. The smallest absolute Gasteiger partial charge is 0.407 e. The van der Waals surface area contributed by atoms with Gasteiger partial charge in [0.25, 0.3) is 0 Å². The number of hydrogen-bond donors (Lipinski definition) is 3. The fourth-order valence-corrected chi connectivity index (χ4v) is 2.98. The van der Waals surface area contributed by atoms with E-state index in [0.717, 1.165) is 0 Å².